The van der Waals surface area contributed by atoms with Crippen LogP contribution in [-0.4, -0.2) is 24.2 Å². The predicted octanol–water partition coefficient (Wildman–Crippen LogP) is 2.70. The molecule has 0 N–H and O–H groups in total. The van der Waals surface area contributed by atoms with E-state index in [9.17, 15) is 8.42 Å². The molecule has 0 amide bonds. The highest BCUT2D eigenvalue weighted by molar-refractivity contribution is 7.90. The van der Waals surface area contributed by atoms with Crippen molar-refractivity contribution < 1.29 is 8.42 Å². The molecule has 0 aromatic carbocycles. The molecule has 102 valence electrons. The van der Waals surface area contributed by atoms with Gasteiger partial charge >= 0.3 is 0 Å². The van der Waals surface area contributed by atoms with Crippen molar-refractivity contribution in [3.63, 3.8) is 0 Å². The second-order valence-corrected chi connectivity index (χ2v) is 8.19. The Labute approximate surface area is 109 Å². The Morgan fingerprint density at radius 3 is 2.28 bits per heavy atom. The molecule has 1 heterocycles. The van der Waals surface area contributed by atoms with Crippen molar-refractivity contribution in [2.24, 2.45) is 0 Å². The zero-order valence-electron chi connectivity index (χ0n) is 11.6. The lowest BCUT2D eigenvalue weighted by atomic mass is 9.93. The first-order valence-corrected chi connectivity index (χ1v) is 8.38. The van der Waals surface area contributed by atoms with Gasteiger partial charge < -0.3 is 4.57 Å². The van der Waals surface area contributed by atoms with Crippen molar-refractivity contribution in [2.45, 2.75) is 63.1 Å². The minimum absolute atomic E-state index is 0.122. The zero-order valence-corrected chi connectivity index (χ0v) is 12.4. The first-order chi connectivity index (χ1) is 8.19. The third kappa shape index (κ3) is 2.60. The maximum absolute atomic E-state index is 11.9. The van der Waals surface area contributed by atoms with Crippen LogP contribution in [0.4, 0.5) is 0 Å². The molecular weight excluding hydrogens is 248 g/mol. The van der Waals surface area contributed by atoms with Crippen LogP contribution in [0.15, 0.2) is 11.4 Å². The fraction of sp³-hybridized carbons (Fsp3) is 0.769. The maximum atomic E-state index is 11.9. The van der Waals surface area contributed by atoms with Crippen molar-refractivity contribution >= 4 is 9.84 Å². The molecule has 0 aliphatic heterocycles. The van der Waals surface area contributed by atoms with E-state index in [4.69, 9.17) is 0 Å². The van der Waals surface area contributed by atoms with E-state index in [1.807, 2.05) is 10.8 Å². The van der Waals surface area contributed by atoms with Gasteiger partial charge in [-0.2, -0.15) is 0 Å². The summed E-state index contributed by atoms with van der Waals surface area (Å²) in [7, 11) is -3.26. The average Bonchev–Trinajstić information content (AvgIpc) is 2.84. The topological polar surface area (TPSA) is 52.0 Å². The molecule has 0 radical (unpaired) electrons. The molecule has 2 rings (SSSR count). The summed E-state index contributed by atoms with van der Waals surface area (Å²) in [6, 6.07) is 0.304. The van der Waals surface area contributed by atoms with Crippen LogP contribution in [0.3, 0.4) is 0 Å². The quantitative estimate of drug-likeness (QED) is 0.830. The van der Waals surface area contributed by atoms with Gasteiger partial charge in [0, 0.05) is 23.9 Å². The largest absolute Gasteiger partial charge is 0.319 e. The zero-order chi connectivity index (χ0) is 13.6. The van der Waals surface area contributed by atoms with Gasteiger partial charge in [-0.15, -0.1) is 0 Å². The average molecular weight is 270 g/mol. The SMILES string of the molecule is CC(C)(C)c1cn(C2CCCC2)c(S(C)(=O)=O)n1. The van der Waals surface area contributed by atoms with E-state index in [1.54, 1.807) is 0 Å². The van der Waals surface area contributed by atoms with Crippen LogP contribution in [0.1, 0.15) is 58.2 Å². The monoisotopic (exact) mass is 270 g/mol. The van der Waals surface area contributed by atoms with Gasteiger partial charge in [-0.25, -0.2) is 13.4 Å². The standard InChI is InChI=1S/C13H22N2O2S/c1-13(2,3)11-9-15(10-7-5-6-8-10)12(14-11)18(4,16)17/h9-10H,5-8H2,1-4H3. The third-order valence-corrected chi connectivity index (χ3v) is 4.48. The summed E-state index contributed by atoms with van der Waals surface area (Å²) in [6.45, 7) is 6.17. The second-order valence-electron chi connectivity index (χ2n) is 6.28. The summed E-state index contributed by atoms with van der Waals surface area (Å²) >= 11 is 0. The molecular formula is C13H22N2O2S. The van der Waals surface area contributed by atoms with Crippen molar-refractivity contribution in [3.05, 3.63) is 11.9 Å². The molecule has 0 unspecified atom stereocenters. The fourth-order valence-electron chi connectivity index (χ4n) is 2.46. The van der Waals surface area contributed by atoms with Gasteiger partial charge in [0.2, 0.25) is 15.0 Å². The van der Waals surface area contributed by atoms with Crippen LogP contribution in [0.25, 0.3) is 0 Å². The summed E-state index contributed by atoms with van der Waals surface area (Å²) in [5, 5.41) is 0.235. The van der Waals surface area contributed by atoms with Gasteiger partial charge in [0.25, 0.3) is 0 Å². The molecule has 1 aromatic rings. The van der Waals surface area contributed by atoms with E-state index < -0.39 is 9.84 Å². The van der Waals surface area contributed by atoms with Gasteiger partial charge in [0.15, 0.2) is 0 Å². The first-order valence-electron chi connectivity index (χ1n) is 6.49. The molecule has 0 spiro atoms. The predicted molar refractivity (Wildman–Crippen MR) is 71.5 cm³/mol. The smallest absolute Gasteiger partial charge is 0.227 e. The number of nitrogens with zero attached hydrogens (tertiary/aromatic N) is 2. The number of aromatic nitrogens is 2. The summed E-state index contributed by atoms with van der Waals surface area (Å²) < 4.78 is 25.6. The van der Waals surface area contributed by atoms with Crippen LogP contribution < -0.4 is 0 Å². The Hall–Kier alpha value is -0.840. The van der Waals surface area contributed by atoms with Gasteiger partial charge in [-0.1, -0.05) is 33.6 Å². The Bertz CT molecular complexity index is 532. The lowest BCUT2D eigenvalue weighted by Crippen LogP contribution is -2.12. The van der Waals surface area contributed by atoms with Gasteiger partial charge in [-0.3, -0.25) is 0 Å². The van der Waals surface area contributed by atoms with E-state index >= 15 is 0 Å². The third-order valence-electron chi connectivity index (χ3n) is 3.52. The van der Waals surface area contributed by atoms with Crippen molar-refractivity contribution in [1.82, 2.24) is 9.55 Å². The molecule has 18 heavy (non-hydrogen) atoms. The van der Waals surface area contributed by atoms with Crippen molar-refractivity contribution in [2.75, 3.05) is 6.26 Å². The Morgan fingerprint density at radius 2 is 1.83 bits per heavy atom. The highest BCUT2D eigenvalue weighted by Gasteiger charge is 2.28. The summed E-state index contributed by atoms with van der Waals surface area (Å²) in [4.78, 5) is 4.37. The van der Waals surface area contributed by atoms with E-state index in [0.717, 1.165) is 18.5 Å². The lowest BCUT2D eigenvalue weighted by Gasteiger charge is -2.15. The van der Waals surface area contributed by atoms with Gasteiger partial charge in [0.1, 0.15) is 0 Å². The number of hydrogen-bond acceptors (Lipinski definition) is 3. The molecule has 1 aromatic heterocycles. The summed E-state index contributed by atoms with van der Waals surface area (Å²) in [5.41, 5.74) is 0.735. The molecule has 4 nitrogen and oxygen atoms in total. The molecule has 1 saturated carbocycles. The number of rotatable bonds is 2. The van der Waals surface area contributed by atoms with Crippen LogP contribution >= 0.6 is 0 Å². The molecule has 1 aliphatic rings. The van der Waals surface area contributed by atoms with Crippen LogP contribution in [0.2, 0.25) is 0 Å². The first kappa shape index (κ1) is 13.6. The highest BCUT2D eigenvalue weighted by Crippen LogP contribution is 2.33. The van der Waals surface area contributed by atoms with E-state index in [0.29, 0.717) is 6.04 Å². The van der Waals surface area contributed by atoms with Gasteiger partial charge in [-0.05, 0) is 12.8 Å². The maximum Gasteiger partial charge on any atom is 0.227 e. The van der Waals surface area contributed by atoms with Gasteiger partial charge in [0.05, 0.1) is 5.69 Å². The Kier molecular flexibility index (Phi) is 3.30. The molecule has 1 fully saturated rings. The summed E-state index contributed by atoms with van der Waals surface area (Å²) in [6.07, 6.45) is 7.65. The fourth-order valence-corrected chi connectivity index (χ4v) is 3.31. The molecule has 0 saturated heterocycles. The normalized spacial score (nSPS) is 18.4. The van der Waals surface area contributed by atoms with E-state index in [1.165, 1.54) is 19.1 Å². The molecule has 0 atom stereocenters. The van der Waals surface area contributed by atoms with Crippen molar-refractivity contribution in [1.29, 1.82) is 0 Å². The van der Waals surface area contributed by atoms with Crippen molar-refractivity contribution in [3.8, 4) is 0 Å². The number of sulfone groups is 1. The summed E-state index contributed by atoms with van der Waals surface area (Å²) in [5.74, 6) is 0. The minimum atomic E-state index is -3.26. The Balaban J connectivity index is 2.52. The second kappa shape index (κ2) is 4.37. The van der Waals surface area contributed by atoms with E-state index in [2.05, 4.69) is 25.8 Å². The molecule has 0 bridgehead atoms. The molecule has 1 aliphatic carbocycles. The number of hydrogen-bond donors (Lipinski definition) is 0. The van der Waals surface area contributed by atoms with Crippen LogP contribution in [-0.2, 0) is 15.3 Å². The Morgan fingerprint density at radius 1 is 1.28 bits per heavy atom. The van der Waals surface area contributed by atoms with Crippen LogP contribution in [0, 0.1) is 0 Å². The highest BCUT2D eigenvalue weighted by atomic mass is 32.2. The lowest BCUT2D eigenvalue weighted by molar-refractivity contribution is 0.469. The van der Waals surface area contributed by atoms with E-state index in [-0.39, 0.29) is 10.6 Å². The minimum Gasteiger partial charge on any atom is -0.319 e. The number of imidazole rings is 1. The van der Waals surface area contributed by atoms with Crippen LogP contribution in [0.5, 0.6) is 0 Å². The molecule has 5 heteroatoms.